The molecule has 0 spiro atoms. The van der Waals surface area contributed by atoms with Crippen LogP contribution in [0.2, 0.25) is 0 Å². The number of benzene rings is 2. The lowest BCUT2D eigenvalue weighted by atomic mass is 10.0. The number of aromatic hydroxyl groups is 1. The third-order valence-electron chi connectivity index (χ3n) is 7.11. The number of carbonyl (C=O) groups is 2. The minimum atomic E-state index is -1.05. The van der Waals surface area contributed by atoms with Gasteiger partial charge in [-0.1, -0.05) is 51.2 Å². The lowest BCUT2D eigenvalue weighted by Crippen LogP contribution is -2.20. The van der Waals surface area contributed by atoms with Crippen LogP contribution in [0.3, 0.4) is 0 Å². The van der Waals surface area contributed by atoms with Crippen molar-refractivity contribution < 1.29 is 24.2 Å². The van der Waals surface area contributed by atoms with E-state index in [0.29, 0.717) is 40.0 Å². The maximum Gasteiger partial charge on any atom is 0.516 e. The molecule has 10 heteroatoms. The summed E-state index contributed by atoms with van der Waals surface area (Å²) in [5.41, 5.74) is 9.13. The molecule has 41 heavy (non-hydrogen) atoms. The zero-order valence-electron chi connectivity index (χ0n) is 24.5. The number of phenols is 1. The van der Waals surface area contributed by atoms with Gasteiger partial charge in [0.1, 0.15) is 5.75 Å². The summed E-state index contributed by atoms with van der Waals surface area (Å²) in [4.78, 5) is 28.9. The van der Waals surface area contributed by atoms with Gasteiger partial charge in [0.25, 0.3) is 0 Å². The Morgan fingerprint density at radius 3 is 2.56 bits per heavy atom. The minimum absolute atomic E-state index is 0.0675. The molecule has 1 heterocycles. The zero-order valence-corrected chi connectivity index (χ0v) is 26.9. The van der Waals surface area contributed by atoms with E-state index in [4.69, 9.17) is 15.2 Å². The Balaban J connectivity index is 2.01. The highest BCUT2D eigenvalue weighted by Gasteiger charge is 2.29. The average Bonchev–Trinajstić information content (AvgIpc) is 3.23. The van der Waals surface area contributed by atoms with Crippen molar-refractivity contribution in [3.8, 4) is 5.75 Å². The first-order valence-electron chi connectivity index (χ1n) is 14.2. The van der Waals surface area contributed by atoms with Crippen LogP contribution in [0.5, 0.6) is 5.75 Å². The van der Waals surface area contributed by atoms with E-state index in [9.17, 15) is 14.7 Å². The third kappa shape index (κ3) is 8.73. The van der Waals surface area contributed by atoms with Crippen LogP contribution >= 0.6 is 27.7 Å². The van der Waals surface area contributed by atoms with E-state index in [1.165, 1.54) is 25.7 Å². The number of esters is 1. The number of halogens is 1. The monoisotopic (exact) mass is 647 g/mol. The maximum absolute atomic E-state index is 13.6. The first-order chi connectivity index (χ1) is 19.7. The molecule has 0 saturated heterocycles. The molecule has 0 atom stereocenters. The fourth-order valence-corrected chi connectivity index (χ4v) is 6.43. The number of thioether (sulfide) groups is 1. The van der Waals surface area contributed by atoms with Crippen LogP contribution in [-0.2, 0) is 35.4 Å². The smallest absolute Gasteiger partial charge is 0.506 e. The van der Waals surface area contributed by atoms with E-state index in [1.54, 1.807) is 24.8 Å². The maximum atomic E-state index is 13.6. The van der Waals surface area contributed by atoms with Crippen molar-refractivity contribution >= 4 is 50.7 Å². The number of rotatable bonds is 15. The highest BCUT2D eigenvalue weighted by molar-refractivity contribution is 9.10. The van der Waals surface area contributed by atoms with Crippen molar-refractivity contribution in [1.82, 2.24) is 9.47 Å². The van der Waals surface area contributed by atoms with Gasteiger partial charge in [-0.25, -0.2) is 9.59 Å². The van der Waals surface area contributed by atoms with E-state index in [1.807, 2.05) is 42.9 Å². The van der Waals surface area contributed by atoms with Crippen molar-refractivity contribution in [2.45, 2.75) is 76.1 Å². The van der Waals surface area contributed by atoms with Gasteiger partial charge in [-0.3, -0.25) is 0 Å². The van der Waals surface area contributed by atoms with Gasteiger partial charge >= 0.3 is 12.1 Å². The molecular weight excluding hydrogens is 606 g/mol. The summed E-state index contributed by atoms with van der Waals surface area (Å²) in [5.74, 6) is -0.308. The second-order valence-electron chi connectivity index (χ2n) is 10.2. The van der Waals surface area contributed by atoms with Gasteiger partial charge in [0.15, 0.2) is 0 Å². The molecule has 0 aliphatic rings. The van der Waals surface area contributed by atoms with Gasteiger partial charge in [-0.05, 0) is 66.6 Å². The number of aromatic nitrogens is 1. The highest BCUT2D eigenvalue weighted by Crippen LogP contribution is 2.41. The van der Waals surface area contributed by atoms with E-state index < -0.39 is 12.1 Å². The number of unbranched alkanes of at least 4 members (excludes halogenated alkanes) is 5. The van der Waals surface area contributed by atoms with Crippen LogP contribution in [0.4, 0.5) is 4.79 Å². The van der Waals surface area contributed by atoms with Crippen LogP contribution in [0, 0.1) is 0 Å². The Morgan fingerprint density at radius 1 is 1.12 bits per heavy atom. The number of carbonyl (C=O) groups excluding carboxylic acids is 2. The first-order valence-corrected chi connectivity index (χ1v) is 16.0. The molecule has 3 N–H and O–H groups in total. The number of hydrogen-bond donors (Lipinski definition) is 2. The molecule has 0 bridgehead atoms. The van der Waals surface area contributed by atoms with Gasteiger partial charge in [-0.15, -0.1) is 11.8 Å². The second-order valence-corrected chi connectivity index (χ2v) is 12.1. The summed E-state index contributed by atoms with van der Waals surface area (Å²) in [6.45, 7) is 5.66. The number of fused-ring (bicyclic) bond motifs is 1. The molecule has 3 rings (SSSR count). The number of nitrogens with two attached hydrogens (primary N) is 1. The Morgan fingerprint density at radius 2 is 1.85 bits per heavy atom. The Kier molecular flexibility index (Phi) is 13.0. The van der Waals surface area contributed by atoms with Crippen molar-refractivity contribution in [1.29, 1.82) is 0 Å². The molecule has 0 aliphatic carbocycles. The highest BCUT2D eigenvalue weighted by atomic mass is 79.9. The SMILES string of the molecule is CCCCCCCCN(C)Cc1c(O)c(Br)cc2c1c(C(=O)OC(=O)OCC)c(CSc1cccc(CN)c1)n2C. The normalized spacial score (nSPS) is 11.4. The minimum Gasteiger partial charge on any atom is -0.506 e. The number of phenolic OH excluding ortho intramolecular Hbond substituents is 1. The number of nitrogens with zero attached hydrogens (tertiary/aromatic N) is 2. The van der Waals surface area contributed by atoms with Crippen molar-refractivity contribution in [2.24, 2.45) is 12.8 Å². The second kappa shape index (κ2) is 16.2. The molecule has 3 aromatic rings. The van der Waals surface area contributed by atoms with Gasteiger partial charge in [-0.2, -0.15) is 0 Å². The summed E-state index contributed by atoms with van der Waals surface area (Å²) in [5, 5.41) is 11.8. The van der Waals surface area contributed by atoms with E-state index in [2.05, 4.69) is 27.8 Å². The predicted octanol–water partition coefficient (Wildman–Crippen LogP) is 7.50. The number of ether oxygens (including phenoxy) is 2. The molecule has 8 nitrogen and oxygen atoms in total. The standard InChI is InChI=1S/C31H42BrN3O5S/c1-5-7-8-9-10-11-15-34(3)19-23-27-25(17-24(32)29(23)36)35(4)26(28(27)30(37)40-31(38)39-6-2)20-41-22-14-12-13-21(16-22)18-33/h12-14,16-17,36H,5-11,15,18-20,33H2,1-4H3. The van der Waals surface area contributed by atoms with Crippen molar-refractivity contribution in [3.05, 3.63) is 57.2 Å². The first kappa shape index (κ1) is 33.0. The molecule has 224 valence electrons. The molecule has 0 radical (unpaired) electrons. The van der Waals surface area contributed by atoms with Crippen molar-refractivity contribution in [2.75, 3.05) is 20.2 Å². The molecule has 1 aromatic heterocycles. The molecule has 2 aromatic carbocycles. The molecule has 0 saturated carbocycles. The lowest BCUT2D eigenvalue weighted by molar-refractivity contribution is 0.0402. The van der Waals surface area contributed by atoms with Crippen LogP contribution in [0.1, 0.15) is 79.6 Å². The van der Waals surface area contributed by atoms with Crippen LogP contribution in [0.25, 0.3) is 10.9 Å². The lowest BCUT2D eigenvalue weighted by Gasteiger charge is -2.19. The quantitative estimate of drug-likeness (QED) is 0.0755. The summed E-state index contributed by atoms with van der Waals surface area (Å²) in [6, 6.07) is 9.74. The summed E-state index contributed by atoms with van der Waals surface area (Å²) < 4.78 is 12.5. The average molecular weight is 649 g/mol. The summed E-state index contributed by atoms with van der Waals surface area (Å²) in [6.07, 6.45) is 6.10. The fourth-order valence-electron chi connectivity index (χ4n) is 4.92. The van der Waals surface area contributed by atoms with Gasteiger partial charge in [0, 0.05) is 47.4 Å². The van der Waals surface area contributed by atoms with Crippen LogP contribution in [-0.4, -0.2) is 46.9 Å². The topological polar surface area (TPSA) is 107 Å². The zero-order chi connectivity index (χ0) is 29.9. The molecule has 0 amide bonds. The summed E-state index contributed by atoms with van der Waals surface area (Å²) in [7, 11) is 3.89. The number of hydrogen-bond acceptors (Lipinski definition) is 8. The van der Waals surface area contributed by atoms with Crippen LogP contribution < -0.4 is 5.73 Å². The Hall–Kier alpha value is -2.53. The van der Waals surface area contributed by atoms with E-state index >= 15 is 0 Å². The molecule has 0 aliphatic heterocycles. The number of aryl methyl sites for hydroxylation is 1. The molecular formula is C31H42BrN3O5S. The Bertz CT molecular complexity index is 1340. The van der Waals surface area contributed by atoms with Gasteiger partial charge in [0.05, 0.1) is 22.2 Å². The van der Waals surface area contributed by atoms with Crippen molar-refractivity contribution in [3.63, 3.8) is 0 Å². The molecule has 0 fully saturated rings. The van der Waals surface area contributed by atoms with E-state index in [-0.39, 0.29) is 17.9 Å². The van der Waals surface area contributed by atoms with Gasteiger partial charge in [0.2, 0.25) is 0 Å². The van der Waals surface area contributed by atoms with E-state index in [0.717, 1.165) is 35.4 Å². The third-order valence-corrected chi connectivity index (χ3v) is 8.72. The predicted molar refractivity (Wildman–Crippen MR) is 168 cm³/mol. The molecule has 0 unspecified atom stereocenters. The largest absolute Gasteiger partial charge is 0.516 e. The Labute approximate surface area is 255 Å². The van der Waals surface area contributed by atoms with Crippen LogP contribution in [0.15, 0.2) is 39.7 Å². The summed E-state index contributed by atoms with van der Waals surface area (Å²) >= 11 is 5.07. The fraction of sp³-hybridized carbons (Fsp3) is 0.484. The van der Waals surface area contributed by atoms with Gasteiger partial charge < -0.3 is 29.8 Å².